The third-order valence-corrected chi connectivity index (χ3v) is 5.42. The van der Waals surface area contributed by atoms with Gasteiger partial charge in [0.15, 0.2) is 0 Å². The lowest BCUT2D eigenvalue weighted by atomic mass is 10.0. The minimum absolute atomic E-state index is 0.219. The largest absolute Gasteiger partial charge is 0.381 e. The van der Waals surface area contributed by atoms with Crippen LogP contribution < -0.4 is 0 Å². The molecule has 3 atom stereocenters. The average molecular weight is 295 g/mol. The molecule has 0 aliphatic carbocycles. The zero-order chi connectivity index (χ0) is 14.8. The summed E-state index contributed by atoms with van der Waals surface area (Å²) in [5.74, 6) is 1.69. The molecule has 3 saturated heterocycles. The minimum atomic E-state index is 0.219. The second-order valence-corrected chi connectivity index (χ2v) is 7.03. The monoisotopic (exact) mass is 295 g/mol. The number of nitrogens with zero attached hydrogens (tertiary/aromatic N) is 3. The summed E-state index contributed by atoms with van der Waals surface area (Å²) >= 11 is 0. The van der Waals surface area contributed by atoms with Crippen LogP contribution in [0.1, 0.15) is 20.3 Å². The van der Waals surface area contributed by atoms with Crippen LogP contribution in [0.5, 0.6) is 0 Å². The molecule has 0 aromatic rings. The molecule has 3 fully saturated rings. The van der Waals surface area contributed by atoms with Gasteiger partial charge in [-0.25, -0.2) is 0 Å². The lowest BCUT2D eigenvalue weighted by Gasteiger charge is -2.39. The number of hydrogen-bond donors (Lipinski definition) is 0. The quantitative estimate of drug-likeness (QED) is 0.760. The highest BCUT2D eigenvalue weighted by atomic mass is 16.5. The van der Waals surface area contributed by atoms with Crippen molar-refractivity contribution in [2.24, 2.45) is 11.8 Å². The smallest absolute Gasteiger partial charge is 0.219 e. The number of rotatable bonds is 3. The molecule has 1 amide bonds. The van der Waals surface area contributed by atoms with E-state index in [1.807, 2.05) is 4.90 Å². The van der Waals surface area contributed by atoms with Crippen molar-refractivity contribution in [3.05, 3.63) is 0 Å². The van der Waals surface area contributed by atoms with Gasteiger partial charge in [-0.15, -0.1) is 0 Å². The zero-order valence-corrected chi connectivity index (χ0v) is 13.5. The highest BCUT2D eigenvalue weighted by Gasteiger charge is 2.36. The number of amides is 1. The first-order valence-electron chi connectivity index (χ1n) is 8.43. The van der Waals surface area contributed by atoms with Gasteiger partial charge in [-0.05, 0) is 18.3 Å². The summed E-state index contributed by atoms with van der Waals surface area (Å²) in [6.45, 7) is 13.4. The van der Waals surface area contributed by atoms with E-state index in [4.69, 9.17) is 4.74 Å². The zero-order valence-electron chi connectivity index (χ0n) is 13.5. The van der Waals surface area contributed by atoms with E-state index < -0.39 is 0 Å². The van der Waals surface area contributed by atoms with Crippen LogP contribution in [0.25, 0.3) is 0 Å². The highest BCUT2D eigenvalue weighted by Crippen LogP contribution is 2.25. The van der Waals surface area contributed by atoms with E-state index in [1.165, 1.54) is 26.1 Å². The minimum Gasteiger partial charge on any atom is -0.381 e. The van der Waals surface area contributed by atoms with Crippen LogP contribution in [-0.2, 0) is 9.53 Å². The maximum absolute atomic E-state index is 11.4. The van der Waals surface area contributed by atoms with E-state index in [-0.39, 0.29) is 5.91 Å². The number of carbonyl (C=O) groups excluding carboxylic acids is 1. The molecule has 0 bridgehead atoms. The third kappa shape index (κ3) is 3.58. The van der Waals surface area contributed by atoms with E-state index in [9.17, 15) is 4.79 Å². The predicted octanol–water partition coefficient (Wildman–Crippen LogP) is 0.507. The van der Waals surface area contributed by atoms with Crippen LogP contribution in [-0.4, -0.2) is 85.7 Å². The molecule has 0 radical (unpaired) electrons. The Labute approximate surface area is 128 Å². The number of ether oxygens (including phenoxy) is 1. The topological polar surface area (TPSA) is 36.0 Å². The first-order valence-corrected chi connectivity index (χ1v) is 8.43. The Bertz CT molecular complexity index is 363. The third-order valence-electron chi connectivity index (χ3n) is 5.42. The summed E-state index contributed by atoms with van der Waals surface area (Å²) in [5, 5.41) is 0. The van der Waals surface area contributed by atoms with Gasteiger partial charge in [0.05, 0.1) is 6.61 Å². The van der Waals surface area contributed by atoms with Crippen LogP contribution in [0.2, 0.25) is 0 Å². The summed E-state index contributed by atoms with van der Waals surface area (Å²) in [7, 11) is 0. The Morgan fingerprint density at radius 3 is 2.57 bits per heavy atom. The standard InChI is InChI=1S/C16H29N3O2/c1-13-9-17(10-15-3-8-21-12-15)11-16(13)19-6-4-18(5-7-19)14(2)20/h13,15-16H,3-12H2,1-2H3. The fourth-order valence-electron chi connectivity index (χ4n) is 4.13. The summed E-state index contributed by atoms with van der Waals surface area (Å²) in [5.41, 5.74) is 0. The van der Waals surface area contributed by atoms with Gasteiger partial charge >= 0.3 is 0 Å². The van der Waals surface area contributed by atoms with Crippen molar-refractivity contribution < 1.29 is 9.53 Å². The summed E-state index contributed by atoms with van der Waals surface area (Å²) in [6.07, 6.45) is 1.23. The van der Waals surface area contributed by atoms with Gasteiger partial charge in [-0.1, -0.05) is 6.92 Å². The molecule has 0 aromatic heterocycles. The van der Waals surface area contributed by atoms with E-state index in [0.717, 1.165) is 51.2 Å². The molecule has 120 valence electrons. The highest BCUT2D eigenvalue weighted by molar-refractivity contribution is 5.73. The first-order chi connectivity index (χ1) is 10.1. The number of hydrogen-bond acceptors (Lipinski definition) is 4. The van der Waals surface area contributed by atoms with Gasteiger partial charge in [0.1, 0.15) is 0 Å². The Morgan fingerprint density at radius 1 is 1.19 bits per heavy atom. The maximum Gasteiger partial charge on any atom is 0.219 e. The first kappa shape index (κ1) is 15.3. The summed E-state index contributed by atoms with van der Waals surface area (Å²) in [6, 6.07) is 0.668. The van der Waals surface area contributed by atoms with Crippen LogP contribution in [0.4, 0.5) is 0 Å². The molecule has 5 heteroatoms. The lowest BCUT2D eigenvalue weighted by Crippen LogP contribution is -2.53. The summed E-state index contributed by atoms with van der Waals surface area (Å²) in [4.78, 5) is 18.6. The van der Waals surface area contributed by atoms with Gasteiger partial charge in [-0.2, -0.15) is 0 Å². The molecular formula is C16H29N3O2. The Kier molecular flexibility index (Phi) is 4.82. The van der Waals surface area contributed by atoms with Crippen molar-refractivity contribution in [2.45, 2.75) is 26.3 Å². The number of likely N-dealkylation sites (tertiary alicyclic amines) is 1. The average Bonchev–Trinajstić information content (AvgIpc) is 3.09. The molecular weight excluding hydrogens is 266 g/mol. The molecule has 0 spiro atoms. The molecule has 3 rings (SSSR count). The lowest BCUT2D eigenvalue weighted by molar-refractivity contribution is -0.130. The van der Waals surface area contributed by atoms with E-state index in [1.54, 1.807) is 6.92 Å². The normalized spacial score (nSPS) is 35.5. The van der Waals surface area contributed by atoms with Crippen molar-refractivity contribution in [1.82, 2.24) is 14.7 Å². The molecule has 0 saturated carbocycles. The van der Waals surface area contributed by atoms with Crippen LogP contribution in [0.15, 0.2) is 0 Å². The fourth-order valence-corrected chi connectivity index (χ4v) is 4.13. The Balaban J connectivity index is 1.48. The second-order valence-electron chi connectivity index (χ2n) is 7.03. The number of carbonyl (C=O) groups is 1. The van der Waals surface area contributed by atoms with E-state index in [0.29, 0.717) is 6.04 Å². The second kappa shape index (κ2) is 6.63. The van der Waals surface area contributed by atoms with Crippen LogP contribution in [0, 0.1) is 11.8 Å². The summed E-state index contributed by atoms with van der Waals surface area (Å²) < 4.78 is 5.50. The molecule has 3 heterocycles. The van der Waals surface area contributed by atoms with Gasteiger partial charge in [0, 0.05) is 65.4 Å². The molecule has 3 unspecified atom stereocenters. The molecule has 0 aromatic carbocycles. The molecule has 21 heavy (non-hydrogen) atoms. The molecule has 5 nitrogen and oxygen atoms in total. The van der Waals surface area contributed by atoms with Crippen molar-refractivity contribution in [3.63, 3.8) is 0 Å². The fraction of sp³-hybridized carbons (Fsp3) is 0.938. The van der Waals surface area contributed by atoms with E-state index >= 15 is 0 Å². The van der Waals surface area contributed by atoms with Crippen LogP contribution >= 0.6 is 0 Å². The molecule has 3 aliphatic heterocycles. The SMILES string of the molecule is CC(=O)N1CCN(C2CN(CC3CCOC3)CC2C)CC1. The maximum atomic E-state index is 11.4. The molecule has 0 N–H and O–H groups in total. The van der Waals surface area contributed by atoms with Crippen molar-refractivity contribution >= 4 is 5.91 Å². The van der Waals surface area contributed by atoms with Gasteiger partial charge in [0.25, 0.3) is 0 Å². The van der Waals surface area contributed by atoms with Crippen LogP contribution in [0.3, 0.4) is 0 Å². The number of piperazine rings is 1. The van der Waals surface area contributed by atoms with Gasteiger partial charge < -0.3 is 14.5 Å². The van der Waals surface area contributed by atoms with Crippen molar-refractivity contribution in [3.8, 4) is 0 Å². The predicted molar refractivity (Wildman–Crippen MR) is 82.1 cm³/mol. The Morgan fingerprint density at radius 2 is 1.95 bits per heavy atom. The van der Waals surface area contributed by atoms with Gasteiger partial charge in [-0.3, -0.25) is 9.69 Å². The van der Waals surface area contributed by atoms with E-state index in [2.05, 4.69) is 16.7 Å². The van der Waals surface area contributed by atoms with Crippen molar-refractivity contribution in [1.29, 1.82) is 0 Å². The Hall–Kier alpha value is -0.650. The van der Waals surface area contributed by atoms with Gasteiger partial charge in [0.2, 0.25) is 5.91 Å². The molecule has 3 aliphatic rings. The van der Waals surface area contributed by atoms with Crippen molar-refractivity contribution in [2.75, 3.05) is 59.0 Å².